The molecule has 0 unspecified atom stereocenters. The number of guanidine groups is 1. The van der Waals surface area contributed by atoms with Crippen LogP contribution in [-0.2, 0) is 0 Å². The van der Waals surface area contributed by atoms with Crippen LogP contribution in [0.5, 0.6) is 0 Å². The fraction of sp³-hybridized carbons (Fsp3) is 0.364. The zero-order valence-electron chi connectivity index (χ0n) is 9.51. The van der Waals surface area contributed by atoms with Crippen molar-refractivity contribution in [1.82, 2.24) is 0 Å². The Bertz CT molecular complexity index is 408. The SMILES string of the molecule is CC(C)(C)N=C(N)Nc1cc(Cl)ccc1Cl. The predicted octanol–water partition coefficient (Wildman–Crippen LogP) is 3.52. The first-order valence-corrected chi connectivity index (χ1v) is 5.61. The molecule has 1 rings (SSSR count). The molecule has 0 saturated heterocycles. The molecule has 0 aromatic heterocycles. The van der Waals surface area contributed by atoms with Gasteiger partial charge in [-0.3, -0.25) is 0 Å². The van der Waals surface area contributed by atoms with E-state index in [4.69, 9.17) is 28.9 Å². The summed E-state index contributed by atoms with van der Waals surface area (Å²) >= 11 is 11.8. The lowest BCUT2D eigenvalue weighted by atomic mass is 10.1. The summed E-state index contributed by atoms with van der Waals surface area (Å²) in [5.74, 6) is 0.316. The van der Waals surface area contributed by atoms with E-state index in [0.29, 0.717) is 21.7 Å². The Morgan fingerprint density at radius 2 is 1.94 bits per heavy atom. The molecule has 1 aromatic carbocycles. The van der Waals surface area contributed by atoms with E-state index in [2.05, 4.69) is 10.3 Å². The molecular formula is C11H15Cl2N3. The van der Waals surface area contributed by atoms with Gasteiger partial charge in [0.1, 0.15) is 0 Å². The minimum Gasteiger partial charge on any atom is -0.370 e. The van der Waals surface area contributed by atoms with Crippen LogP contribution in [0.1, 0.15) is 20.8 Å². The molecule has 0 radical (unpaired) electrons. The molecule has 0 spiro atoms. The third-order valence-electron chi connectivity index (χ3n) is 1.65. The average molecular weight is 260 g/mol. The Kier molecular flexibility index (Phi) is 4.05. The third kappa shape index (κ3) is 4.29. The van der Waals surface area contributed by atoms with E-state index >= 15 is 0 Å². The Balaban J connectivity index is 2.89. The maximum atomic E-state index is 5.98. The van der Waals surface area contributed by atoms with E-state index in [1.54, 1.807) is 18.2 Å². The maximum Gasteiger partial charge on any atom is 0.193 e. The molecule has 1 aromatic rings. The first-order chi connectivity index (χ1) is 7.28. The minimum absolute atomic E-state index is 0.234. The molecule has 0 heterocycles. The number of rotatable bonds is 1. The van der Waals surface area contributed by atoms with Gasteiger partial charge in [-0.25, -0.2) is 4.99 Å². The fourth-order valence-corrected chi connectivity index (χ4v) is 1.46. The van der Waals surface area contributed by atoms with Crippen LogP contribution < -0.4 is 11.1 Å². The lowest BCUT2D eigenvalue weighted by Gasteiger charge is -2.15. The summed E-state index contributed by atoms with van der Waals surface area (Å²) in [5, 5.41) is 4.06. The molecule has 0 bridgehead atoms. The second-order valence-electron chi connectivity index (χ2n) is 4.42. The highest BCUT2D eigenvalue weighted by Gasteiger charge is 2.09. The van der Waals surface area contributed by atoms with Gasteiger partial charge < -0.3 is 11.1 Å². The number of hydrogen-bond acceptors (Lipinski definition) is 1. The van der Waals surface area contributed by atoms with Gasteiger partial charge in [-0.15, -0.1) is 0 Å². The van der Waals surface area contributed by atoms with Gasteiger partial charge in [0.05, 0.1) is 16.2 Å². The normalized spacial score (nSPS) is 12.7. The van der Waals surface area contributed by atoms with Gasteiger partial charge in [-0.05, 0) is 39.0 Å². The molecular weight excluding hydrogens is 245 g/mol. The zero-order valence-corrected chi connectivity index (χ0v) is 11.0. The lowest BCUT2D eigenvalue weighted by Crippen LogP contribution is -2.27. The van der Waals surface area contributed by atoms with Gasteiger partial charge in [0.2, 0.25) is 0 Å². The van der Waals surface area contributed by atoms with E-state index < -0.39 is 0 Å². The van der Waals surface area contributed by atoms with E-state index in [1.807, 2.05) is 20.8 Å². The fourth-order valence-electron chi connectivity index (χ4n) is 1.12. The monoisotopic (exact) mass is 259 g/mol. The van der Waals surface area contributed by atoms with Crippen LogP contribution in [0.4, 0.5) is 5.69 Å². The second kappa shape index (κ2) is 4.93. The smallest absolute Gasteiger partial charge is 0.193 e. The highest BCUT2D eigenvalue weighted by molar-refractivity contribution is 6.35. The minimum atomic E-state index is -0.234. The van der Waals surface area contributed by atoms with Crippen molar-refractivity contribution in [2.75, 3.05) is 5.32 Å². The van der Waals surface area contributed by atoms with Crippen molar-refractivity contribution < 1.29 is 0 Å². The summed E-state index contributed by atoms with van der Waals surface area (Å²) in [7, 11) is 0. The van der Waals surface area contributed by atoms with Gasteiger partial charge in [0.15, 0.2) is 5.96 Å². The van der Waals surface area contributed by atoms with Crippen molar-refractivity contribution in [2.45, 2.75) is 26.3 Å². The largest absolute Gasteiger partial charge is 0.370 e. The van der Waals surface area contributed by atoms with Gasteiger partial charge in [-0.1, -0.05) is 23.2 Å². The number of nitrogens with one attached hydrogen (secondary N) is 1. The number of benzene rings is 1. The molecule has 3 nitrogen and oxygen atoms in total. The number of halogens is 2. The highest BCUT2D eigenvalue weighted by atomic mass is 35.5. The first kappa shape index (κ1) is 13.1. The molecule has 0 atom stereocenters. The van der Waals surface area contributed by atoms with Crippen LogP contribution in [0.25, 0.3) is 0 Å². The van der Waals surface area contributed by atoms with Crippen molar-refractivity contribution >= 4 is 34.8 Å². The van der Waals surface area contributed by atoms with Crippen molar-refractivity contribution in [3.8, 4) is 0 Å². The van der Waals surface area contributed by atoms with Crippen molar-refractivity contribution in [3.05, 3.63) is 28.2 Å². The van der Waals surface area contributed by atoms with Crippen molar-refractivity contribution in [1.29, 1.82) is 0 Å². The Hall–Kier alpha value is -0.930. The van der Waals surface area contributed by atoms with E-state index in [0.717, 1.165) is 0 Å². The molecule has 16 heavy (non-hydrogen) atoms. The van der Waals surface area contributed by atoms with E-state index in [1.165, 1.54) is 0 Å². The molecule has 3 N–H and O–H groups in total. The predicted molar refractivity (Wildman–Crippen MR) is 71.5 cm³/mol. The van der Waals surface area contributed by atoms with Crippen LogP contribution in [-0.4, -0.2) is 11.5 Å². The number of nitrogens with zero attached hydrogens (tertiary/aromatic N) is 1. The molecule has 0 aliphatic heterocycles. The number of hydrogen-bond donors (Lipinski definition) is 2. The summed E-state index contributed by atoms with van der Waals surface area (Å²) < 4.78 is 0. The van der Waals surface area contributed by atoms with E-state index in [-0.39, 0.29) is 5.54 Å². The van der Waals surface area contributed by atoms with Crippen molar-refractivity contribution in [2.24, 2.45) is 10.7 Å². The van der Waals surface area contributed by atoms with Crippen molar-refractivity contribution in [3.63, 3.8) is 0 Å². The van der Waals surface area contributed by atoms with Crippen LogP contribution in [0.2, 0.25) is 10.0 Å². The summed E-state index contributed by atoms with van der Waals surface area (Å²) in [6, 6.07) is 5.12. The molecule has 0 amide bonds. The molecule has 88 valence electrons. The Labute approximate surface area is 106 Å². The zero-order chi connectivity index (χ0) is 12.3. The Morgan fingerprint density at radius 3 is 2.50 bits per heavy atom. The van der Waals surface area contributed by atoms with Crippen LogP contribution in [0, 0.1) is 0 Å². The summed E-state index contributed by atoms with van der Waals surface area (Å²) in [6.45, 7) is 5.88. The number of nitrogens with two attached hydrogens (primary N) is 1. The van der Waals surface area contributed by atoms with Crippen LogP contribution in [0.3, 0.4) is 0 Å². The first-order valence-electron chi connectivity index (χ1n) is 4.85. The molecule has 0 fully saturated rings. The molecule has 0 saturated carbocycles. The molecule has 0 aliphatic rings. The standard InChI is InChI=1S/C11H15Cl2N3/c1-11(2,3)16-10(14)15-9-6-7(12)4-5-8(9)13/h4-6H,1-3H3,(H3,14,15,16). The highest BCUT2D eigenvalue weighted by Crippen LogP contribution is 2.25. The van der Waals surface area contributed by atoms with Gasteiger partial charge in [0, 0.05) is 5.02 Å². The lowest BCUT2D eigenvalue weighted by molar-refractivity contribution is 0.583. The molecule has 5 heteroatoms. The third-order valence-corrected chi connectivity index (χ3v) is 2.21. The summed E-state index contributed by atoms with van der Waals surface area (Å²) in [4.78, 5) is 4.26. The number of anilines is 1. The molecule has 0 aliphatic carbocycles. The number of aliphatic imine (C=N–C) groups is 1. The Morgan fingerprint density at radius 1 is 1.31 bits per heavy atom. The van der Waals surface area contributed by atoms with Crippen LogP contribution >= 0.6 is 23.2 Å². The van der Waals surface area contributed by atoms with Gasteiger partial charge in [0.25, 0.3) is 0 Å². The maximum absolute atomic E-state index is 5.98. The second-order valence-corrected chi connectivity index (χ2v) is 5.26. The van der Waals surface area contributed by atoms with Crippen LogP contribution in [0.15, 0.2) is 23.2 Å². The van der Waals surface area contributed by atoms with Gasteiger partial charge in [-0.2, -0.15) is 0 Å². The summed E-state index contributed by atoms with van der Waals surface area (Å²) in [5.41, 5.74) is 6.17. The van der Waals surface area contributed by atoms with Gasteiger partial charge >= 0.3 is 0 Å². The van der Waals surface area contributed by atoms with E-state index in [9.17, 15) is 0 Å². The summed E-state index contributed by atoms with van der Waals surface area (Å²) in [6.07, 6.45) is 0. The quantitative estimate of drug-likeness (QED) is 0.599. The average Bonchev–Trinajstić information content (AvgIpc) is 2.08. The topological polar surface area (TPSA) is 50.4 Å².